The first-order valence-corrected chi connectivity index (χ1v) is 4.08. The molecule has 0 spiro atoms. The number of halogens is 1. The van der Waals surface area contributed by atoms with Crippen LogP contribution in [0.2, 0.25) is 0 Å². The molecule has 0 saturated heterocycles. The van der Waals surface area contributed by atoms with Crippen LogP contribution in [0.25, 0.3) is 0 Å². The van der Waals surface area contributed by atoms with Crippen LogP contribution in [0.4, 0.5) is 0 Å². The van der Waals surface area contributed by atoms with Gasteiger partial charge in [0, 0.05) is 18.3 Å². The van der Waals surface area contributed by atoms with Gasteiger partial charge in [-0.15, -0.1) is 12.4 Å². The number of rotatable bonds is 3. The van der Waals surface area contributed by atoms with Crippen LogP contribution in [0.1, 0.15) is 25.5 Å². The van der Waals surface area contributed by atoms with Crippen LogP contribution in [-0.4, -0.2) is 11.6 Å². The van der Waals surface area contributed by atoms with Gasteiger partial charge in [-0.1, -0.05) is 6.07 Å². The first-order chi connectivity index (χ1) is 5.74. The van der Waals surface area contributed by atoms with Gasteiger partial charge in [-0.05, 0) is 19.4 Å². The number of pyridine rings is 1. The van der Waals surface area contributed by atoms with Gasteiger partial charge in [0.1, 0.15) is 0 Å². The van der Waals surface area contributed by atoms with Crippen LogP contribution in [0.3, 0.4) is 0 Å². The Hall–Kier alpha value is -0.800. The van der Waals surface area contributed by atoms with E-state index in [2.05, 4.69) is 4.98 Å². The fraction of sp³-hybridized carbons (Fsp3) is 0.444. The maximum Gasteiger partial charge on any atom is 0.213 e. The minimum Gasteiger partial charge on any atom is -0.478 e. The van der Waals surface area contributed by atoms with Crippen LogP contribution < -0.4 is 10.5 Å². The van der Waals surface area contributed by atoms with Crippen molar-refractivity contribution in [2.45, 2.75) is 19.9 Å². The van der Waals surface area contributed by atoms with E-state index in [1.807, 2.05) is 26.0 Å². The minimum absolute atomic E-state index is 0. The van der Waals surface area contributed by atoms with Gasteiger partial charge in [0.2, 0.25) is 5.88 Å². The van der Waals surface area contributed by atoms with Gasteiger partial charge in [-0.25, -0.2) is 4.98 Å². The van der Waals surface area contributed by atoms with E-state index < -0.39 is 0 Å². The van der Waals surface area contributed by atoms with Crippen LogP contribution in [-0.2, 0) is 0 Å². The maximum absolute atomic E-state index is 5.66. The van der Waals surface area contributed by atoms with Crippen molar-refractivity contribution in [3.63, 3.8) is 0 Å². The number of aromatic nitrogens is 1. The second-order valence-electron chi connectivity index (χ2n) is 2.65. The lowest BCUT2D eigenvalue weighted by Gasteiger charge is -2.05. The smallest absolute Gasteiger partial charge is 0.213 e. The van der Waals surface area contributed by atoms with Crippen molar-refractivity contribution < 1.29 is 4.74 Å². The molecule has 0 fully saturated rings. The number of nitrogens with two attached hydrogens (primary N) is 1. The van der Waals surface area contributed by atoms with Crippen LogP contribution in [0.15, 0.2) is 18.3 Å². The summed E-state index contributed by atoms with van der Waals surface area (Å²) in [7, 11) is 0. The molecule has 1 heterocycles. The summed E-state index contributed by atoms with van der Waals surface area (Å²) in [6.07, 6.45) is 1.75. The molecular weight excluding hydrogens is 188 g/mol. The lowest BCUT2D eigenvalue weighted by molar-refractivity contribution is 0.326. The molecule has 1 rings (SSSR count). The van der Waals surface area contributed by atoms with Gasteiger partial charge in [-0.2, -0.15) is 0 Å². The van der Waals surface area contributed by atoms with Crippen molar-refractivity contribution in [1.82, 2.24) is 4.98 Å². The molecule has 0 aliphatic heterocycles. The van der Waals surface area contributed by atoms with Gasteiger partial charge < -0.3 is 10.5 Å². The van der Waals surface area contributed by atoms with Gasteiger partial charge >= 0.3 is 0 Å². The Bertz CT molecular complexity index is 236. The topological polar surface area (TPSA) is 48.1 Å². The molecule has 2 N–H and O–H groups in total. The number of nitrogens with zero attached hydrogens (tertiary/aromatic N) is 1. The first-order valence-electron chi connectivity index (χ1n) is 4.08. The molecule has 4 heteroatoms. The molecule has 0 saturated carbocycles. The van der Waals surface area contributed by atoms with Crippen molar-refractivity contribution >= 4 is 12.4 Å². The zero-order valence-corrected chi connectivity index (χ0v) is 8.67. The van der Waals surface area contributed by atoms with E-state index in [0.29, 0.717) is 12.5 Å². The summed E-state index contributed by atoms with van der Waals surface area (Å²) in [5, 5.41) is 0. The Balaban J connectivity index is 0.00000144. The quantitative estimate of drug-likeness (QED) is 0.815. The average Bonchev–Trinajstić information content (AvgIpc) is 2.06. The molecule has 0 aliphatic carbocycles. The zero-order valence-electron chi connectivity index (χ0n) is 7.86. The summed E-state index contributed by atoms with van der Waals surface area (Å²) in [4.78, 5) is 4.09. The molecule has 1 aromatic rings. The van der Waals surface area contributed by atoms with Crippen LogP contribution in [0, 0.1) is 0 Å². The summed E-state index contributed by atoms with van der Waals surface area (Å²) in [5.74, 6) is 0.655. The van der Waals surface area contributed by atoms with Gasteiger partial charge in [-0.3, -0.25) is 0 Å². The third-order valence-electron chi connectivity index (χ3n) is 1.58. The fourth-order valence-electron chi connectivity index (χ4n) is 0.894. The Morgan fingerprint density at radius 3 is 2.62 bits per heavy atom. The zero-order chi connectivity index (χ0) is 8.97. The summed E-state index contributed by atoms with van der Waals surface area (Å²) in [5.41, 5.74) is 6.68. The van der Waals surface area contributed by atoms with Crippen LogP contribution >= 0.6 is 12.4 Å². The maximum atomic E-state index is 5.66. The van der Waals surface area contributed by atoms with E-state index in [0.717, 1.165) is 5.56 Å². The molecule has 1 atom stereocenters. The van der Waals surface area contributed by atoms with E-state index in [1.54, 1.807) is 6.20 Å². The Morgan fingerprint density at radius 2 is 2.23 bits per heavy atom. The van der Waals surface area contributed by atoms with E-state index >= 15 is 0 Å². The number of hydrogen-bond acceptors (Lipinski definition) is 3. The summed E-state index contributed by atoms with van der Waals surface area (Å²) in [6.45, 7) is 4.50. The molecule has 0 unspecified atom stereocenters. The monoisotopic (exact) mass is 202 g/mol. The lowest BCUT2D eigenvalue weighted by atomic mass is 10.2. The van der Waals surface area contributed by atoms with Gasteiger partial charge in [0.25, 0.3) is 0 Å². The molecule has 3 nitrogen and oxygen atoms in total. The molecular formula is C9H15ClN2O. The molecule has 0 amide bonds. The molecule has 13 heavy (non-hydrogen) atoms. The number of ether oxygens (including phenoxy) is 1. The molecule has 74 valence electrons. The molecule has 0 aliphatic rings. The second-order valence-corrected chi connectivity index (χ2v) is 2.65. The van der Waals surface area contributed by atoms with Crippen molar-refractivity contribution in [3.8, 4) is 5.88 Å². The fourth-order valence-corrected chi connectivity index (χ4v) is 0.894. The lowest BCUT2D eigenvalue weighted by Crippen LogP contribution is -2.05. The Labute approximate surface area is 84.7 Å². The Kier molecular flexibility index (Phi) is 5.42. The molecule has 1 aromatic heterocycles. The normalized spacial score (nSPS) is 11.6. The molecule has 0 aromatic carbocycles. The largest absolute Gasteiger partial charge is 0.478 e. The predicted octanol–water partition coefficient (Wildman–Crippen LogP) is 1.92. The van der Waals surface area contributed by atoms with E-state index in [4.69, 9.17) is 10.5 Å². The molecule has 0 radical (unpaired) electrons. The Morgan fingerprint density at radius 1 is 1.54 bits per heavy atom. The summed E-state index contributed by atoms with van der Waals surface area (Å²) >= 11 is 0. The van der Waals surface area contributed by atoms with Crippen molar-refractivity contribution in [1.29, 1.82) is 0 Å². The van der Waals surface area contributed by atoms with Crippen molar-refractivity contribution in [2.75, 3.05) is 6.61 Å². The second kappa shape index (κ2) is 5.78. The highest BCUT2D eigenvalue weighted by atomic mass is 35.5. The molecule has 0 bridgehead atoms. The SMILES string of the molecule is CCOc1ccc([C@H](C)N)cn1.Cl. The minimum atomic E-state index is 0. The standard InChI is InChI=1S/C9H14N2O.ClH/c1-3-12-9-5-4-8(6-11-9)7(2)10;/h4-7H,3,10H2,1-2H3;1H/t7-;/m0./s1. The van der Waals surface area contributed by atoms with Crippen molar-refractivity contribution in [3.05, 3.63) is 23.9 Å². The summed E-state index contributed by atoms with van der Waals surface area (Å²) < 4.78 is 5.19. The number of hydrogen-bond donors (Lipinski definition) is 1. The van der Waals surface area contributed by atoms with E-state index in [-0.39, 0.29) is 18.4 Å². The highest BCUT2D eigenvalue weighted by Gasteiger charge is 1.99. The highest BCUT2D eigenvalue weighted by molar-refractivity contribution is 5.85. The van der Waals surface area contributed by atoms with Crippen molar-refractivity contribution in [2.24, 2.45) is 5.73 Å². The first kappa shape index (κ1) is 12.2. The highest BCUT2D eigenvalue weighted by Crippen LogP contribution is 2.11. The van der Waals surface area contributed by atoms with Gasteiger partial charge in [0.15, 0.2) is 0 Å². The third kappa shape index (κ3) is 3.61. The average molecular weight is 203 g/mol. The summed E-state index contributed by atoms with van der Waals surface area (Å²) in [6, 6.07) is 3.80. The van der Waals surface area contributed by atoms with E-state index in [9.17, 15) is 0 Å². The third-order valence-corrected chi connectivity index (χ3v) is 1.58. The van der Waals surface area contributed by atoms with E-state index in [1.165, 1.54) is 0 Å². The van der Waals surface area contributed by atoms with Crippen LogP contribution in [0.5, 0.6) is 5.88 Å². The predicted molar refractivity (Wildman–Crippen MR) is 55.3 cm³/mol. The van der Waals surface area contributed by atoms with Gasteiger partial charge in [0.05, 0.1) is 6.61 Å².